The zero-order valence-electron chi connectivity index (χ0n) is 22.5. The third-order valence-electron chi connectivity index (χ3n) is 7.56. The number of aromatic nitrogens is 2. The number of hydrogen-bond acceptors (Lipinski definition) is 6. The van der Waals surface area contributed by atoms with Gasteiger partial charge in [0.2, 0.25) is 5.91 Å². The molecule has 1 saturated heterocycles. The Morgan fingerprint density at radius 3 is 2.76 bits per heavy atom. The van der Waals surface area contributed by atoms with E-state index in [0.717, 1.165) is 62.4 Å². The van der Waals surface area contributed by atoms with Gasteiger partial charge in [0.1, 0.15) is 18.1 Å². The summed E-state index contributed by atoms with van der Waals surface area (Å²) in [6.07, 6.45) is 5.79. The molecule has 0 saturated carbocycles. The highest BCUT2D eigenvalue weighted by molar-refractivity contribution is 5.92. The van der Waals surface area contributed by atoms with Gasteiger partial charge in [-0.15, -0.1) is 5.10 Å². The topological polar surface area (TPSA) is 76.6 Å². The number of hydrogen-bond donors (Lipinski definition) is 1. The largest absolute Gasteiger partial charge is 0.496 e. The lowest BCUT2D eigenvalue weighted by Crippen LogP contribution is -2.52. The molecule has 7 heteroatoms. The highest BCUT2D eigenvalue weighted by atomic mass is 16.5. The smallest absolute Gasteiger partial charge is 0.231 e. The molecule has 1 N–H and O–H groups in total. The van der Waals surface area contributed by atoms with Gasteiger partial charge in [0.15, 0.2) is 5.82 Å². The van der Waals surface area contributed by atoms with Crippen molar-refractivity contribution in [2.75, 3.05) is 32.1 Å². The fourth-order valence-electron chi connectivity index (χ4n) is 5.34. The van der Waals surface area contributed by atoms with Crippen molar-refractivity contribution in [3.63, 3.8) is 0 Å². The fourth-order valence-corrected chi connectivity index (χ4v) is 5.34. The predicted molar refractivity (Wildman–Crippen MR) is 149 cm³/mol. The van der Waals surface area contributed by atoms with E-state index < -0.39 is 0 Å². The first-order valence-electron chi connectivity index (χ1n) is 13.5. The van der Waals surface area contributed by atoms with E-state index in [9.17, 15) is 4.79 Å². The third kappa shape index (κ3) is 5.89. The van der Waals surface area contributed by atoms with E-state index in [0.29, 0.717) is 12.4 Å². The highest BCUT2D eigenvalue weighted by Crippen LogP contribution is 2.35. The van der Waals surface area contributed by atoms with Gasteiger partial charge in [0.05, 0.1) is 13.0 Å². The van der Waals surface area contributed by atoms with Crippen LogP contribution in [0, 0.1) is 5.92 Å². The number of ether oxygens (including phenoxy) is 2. The highest BCUT2D eigenvalue weighted by Gasteiger charge is 2.33. The lowest BCUT2D eigenvalue weighted by molar-refractivity contribution is -0.124. The summed E-state index contributed by atoms with van der Waals surface area (Å²) in [5.74, 6) is 2.29. The number of nitrogens with zero attached hydrogens (tertiary/aromatic N) is 3. The first kappa shape index (κ1) is 25.9. The lowest BCUT2D eigenvalue weighted by Gasteiger charge is -2.39. The maximum absolute atomic E-state index is 12.5. The number of fused-ring (bicyclic) bond motifs is 1. The summed E-state index contributed by atoms with van der Waals surface area (Å²) in [7, 11) is 1.72. The van der Waals surface area contributed by atoms with Crippen LogP contribution in [0.5, 0.6) is 11.5 Å². The Bertz CT molecular complexity index is 1320. The van der Waals surface area contributed by atoms with Gasteiger partial charge in [-0.2, -0.15) is 5.10 Å². The Labute approximate surface area is 224 Å². The Kier molecular flexibility index (Phi) is 8.03. The minimum absolute atomic E-state index is 0.00466. The zero-order valence-corrected chi connectivity index (χ0v) is 22.5. The summed E-state index contributed by atoms with van der Waals surface area (Å²) in [4.78, 5) is 14.8. The molecular weight excluding hydrogens is 476 g/mol. The number of amides is 1. The summed E-state index contributed by atoms with van der Waals surface area (Å²) in [6.45, 7) is 7.33. The van der Waals surface area contributed by atoms with Gasteiger partial charge < -0.3 is 14.8 Å². The van der Waals surface area contributed by atoms with Crippen LogP contribution in [0.3, 0.4) is 0 Å². The lowest BCUT2D eigenvalue weighted by atomic mass is 9.85. The molecule has 1 aliphatic heterocycles. The molecule has 0 spiro atoms. The maximum Gasteiger partial charge on any atom is 0.231 e. The molecule has 1 fully saturated rings. The van der Waals surface area contributed by atoms with E-state index in [1.54, 1.807) is 25.4 Å². The van der Waals surface area contributed by atoms with Crippen molar-refractivity contribution in [3.8, 4) is 11.5 Å². The van der Waals surface area contributed by atoms with Crippen molar-refractivity contribution in [3.05, 3.63) is 82.6 Å². The average molecular weight is 513 g/mol. The first-order chi connectivity index (χ1) is 18.5. The minimum atomic E-state index is -0.00466. The number of rotatable bonds is 10. The second-order valence-corrected chi connectivity index (χ2v) is 10.2. The summed E-state index contributed by atoms with van der Waals surface area (Å²) in [6, 6.07) is 16.4. The quantitative estimate of drug-likeness (QED) is 0.397. The van der Waals surface area contributed by atoms with Crippen LogP contribution in [-0.2, 0) is 24.2 Å². The van der Waals surface area contributed by atoms with Crippen LogP contribution < -0.4 is 14.8 Å². The molecule has 3 aromatic rings. The Morgan fingerprint density at radius 1 is 1.13 bits per heavy atom. The van der Waals surface area contributed by atoms with Crippen LogP contribution >= 0.6 is 0 Å². The van der Waals surface area contributed by atoms with Crippen LogP contribution in [0.15, 0.2) is 60.3 Å². The number of nitrogens with one attached hydrogen (secondary N) is 1. The number of likely N-dealkylation sites (tertiary alicyclic amines) is 1. The zero-order chi connectivity index (χ0) is 26.5. The molecule has 0 unspecified atom stereocenters. The molecule has 0 radical (unpaired) electrons. The monoisotopic (exact) mass is 512 g/mol. The van der Waals surface area contributed by atoms with Crippen LogP contribution in [0.2, 0.25) is 0 Å². The van der Waals surface area contributed by atoms with Crippen LogP contribution in [-0.4, -0.2) is 47.7 Å². The van der Waals surface area contributed by atoms with Crippen molar-refractivity contribution in [2.45, 2.75) is 46.1 Å². The molecule has 7 nitrogen and oxygen atoms in total. The van der Waals surface area contributed by atoms with Crippen molar-refractivity contribution >= 4 is 17.3 Å². The van der Waals surface area contributed by atoms with Crippen LogP contribution in [0.1, 0.15) is 48.9 Å². The average Bonchev–Trinajstić information content (AvgIpc) is 2.91. The predicted octanol–water partition coefficient (Wildman–Crippen LogP) is 5.31. The van der Waals surface area contributed by atoms with Gasteiger partial charge in [-0.1, -0.05) is 37.1 Å². The Morgan fingerprint density at radius 2 is 2.00 bits per heavy atom. The van der Waals surface area contributed by atoms with Gasteiger partial charge in [0.25, 0.3) is 0 Å². The number of carbonyl (C=O) groups is 1. The fraction of sp³-hybridized carbons (Fsp3) is 0.387. The molecule has 0 bridgehead atoms. The van der Waals surface area contributed by atoms with Gasteiger partial charge in [0, 0.05) is 31.4 Å². The summed E-state index contributed by atoms with van der Waals surface area (Å²) < 4.78 is 11.8. The Hall–Kier alpha value is -3.71. The number of anilines is 1. The molecule has 5 rings (SSSR count). The molecule has 2 heterocycles. The summed E-state index contributed by atoms with van der Waals surface area (Å²) in [5, 5.41) is 10.6. The van der Waals surface area contributed by atoms with E-state index in [2.05, 4.69) is 70.7 Å². The molecule has 38 heavy (non-hydrogen) atoms. The number of methoxy groups -OCH3 is 1. The van der Waals surface area contributed by atoms with Gasteiger partial charge >= 0.3 is 0 Å². The van der Waals surface area contributed by atoms with Gasteiger partial charge in [-0.25, -0.2) is 0 Å². The molecule has 2 aliphatic rings. The summed E-state index contributed by atoms with van der Waals surface area (Å²) in [5.41, 5.74) is 7.78. The standard InChI is InChI=1S/C31H36N4O3/c1-4-6-22-8-9-25(29(15-22)37-3)20-38-27-12-13-28-21(2)24(11-10-23(28)16-27)17-35-18-26(19-35)31(36)33-30-7-5-14-32-34-30/h5,7-9,12-16,26H,4,6,10-11,17-20H2,1-3H3,(H,33,34,36). The van der Waals surface area contributed by atoms with Crippen LogP contribution in [0.4, 0.5) is 5.82 Å². The van der Waals surface area contributed by atoms with E-state index >= 15 is 0 Å². The number of aryl methyl sites for hydroxylation is 2. The van der Waals surface area contributed by atoms with Gasteiger partial charge in [-0.3, -0.25) is 9.69 Å². The number of allylic oxidation sites excluding steroid dienone is 1. The Balaban J connectivity index is 1.16. The van der Waals surface area contributed by atoms with Gasteiger partial charge in [-0.05, 0) is 78.8 Å². The van der Waals surface area contributed by atoms with E-state index in [1.807, 2.05) is 0 Å². The molecule has 1 aliphatic carbocycles. The van der Waals surface area contributed by atoms with Crippen molar-refractivity contribution in [2.24, 2.45) is 5.92 Å². The van der Waals surface area contributed by atoms with E-state index in [4.69, 9.17) is 9.47 Å². The van der Waals surface area contributed by atoms with E-state index in [-0.39, 0.29) is 11.8 Å². The van der Waals surface area contributed by atoms with Crippen molar-refractivity contribution in [1.29, 1.82) is 0 Å². The molecule has 1 aromatic heterocycles. The molecular formula is C31H36N4O3. The second-order valence-electron chi connectivity index (χ2n) is 10.2. The maximum atomic E-state index is 12.5. The van der Waals surface area contributed by atoms with E-state index in [1.165, 1.54) is 27.8 Å². The van der Waals surface area contributed by atoms with Crippen LogP contribution in [0.25, 0.3) is 5.57 Å². The third-order valence-corrected chi connectivity index (χ3v) is 7.56. The minimum Gasteiger partial charge on any atom is -0.496 e. The molecule has 2 aromatic carbocycles. The number of benzene rings is 2. The molecule has 198 valence electrons. The first-order valence-corrected chi connectivity index (χ1v) is 13.5. The van der Waals surface area contributed by atoms with Crippen molar-refractivity contribution in [1.82, 2.24) is 15.1 Å². The number of carbonyl (C=O) groups excluding carboxylic acids is 1. The molecule has 1 amide bonds. The van der Waals surface area contributed by atoms with Crippen molar-refractivity contribution < 1.29 is 14.3 Å². The molecule has 0 atom stereocenters. The second kappa shape index (κ2) is 11.8. The normalized spacial score (nSPS) is 15.6. The SMILES string of the molecule is CCCc1ccc(COc2ccc3c(c2)CCC(CN2CC(C(=O)Nc4cccnn4)C2)=C3C)c(OC)c1. The summed E-state index contributed by atoms with van der Waals surface area (Å²) >= 11 is 0.